The van der Waals surface area contributed by atoms with Gasteiger partial charge in [0.25, 0.3) is 11.4 Å². The molecule has 2 fully saturated rings. The number of alkyl halides is 1. The van der Waals surface area contributed by atoms with E-state index in [4.69, 9.17) is 9.47 Å². The van der Waals surface area contributed by atoms with Gasteiger partial charge in [0.2, 0.25) is 5.91 Å². The number of halogens is 1. The molecule has 0 bridgehead atoms. The number of nitrogens with zero attached hydrogens (tertiary/aromatic N) is 5. The van der Waals surface area contributed by atoms with Crippen molar-refractivity contribution >= 4 is 42.1 Å². The van der Waals surface area contributed by atoms with Crippen molar-refractivity contribution in [2.24, 2.45) is 5.92 Å². The molecule has 0 radical (unpaired) electrons. The fourth-order valence-corrected chi connectivity index (χ4v) is 5.58. The van der Waals surface area contributed by atoms with Gasteiger partial charge in [0.05, 0.1) is 16.4 Å². The summed E-state index contributed by atoms with van der Waals surface area (Å²) in [7, 11) is 0. The second kappa shape index (κ2) is 14.8. The summed E-state index contributed by atoms with van der Waals surface area (Å²) in [5.74, 6) is -0.415. The normalized spacial score (nSPS) is 19.5. The molecule has 4 rings (SSSR count). The summed E-state index contributed by atoms with van der Waals surface area (Å²) < 4.78 is 24.0. The monoisotopic (exact) mass is 633 g/mol. The van der Waals surface area contributed by atoms with Crippen molar-refractivity contribution in [1.82, 2.24) is 14.7 Å². The third-order valence-electron chi connectivity index (χ3n) is 7.51. The van der Waals surface area contributed by atoms with Crippen LogP contribution < -0.4 is 0 Å². The van der Waals surface area contributed by atoms with Crippen LogP contribution in [0.15, 0.2) is 48.5 Å². The lowest BCUT2D eigenvalue weighted by Gasteiger charge is -2.28. The molecule has 3 atom stereocenters. The van der Waals surface area contributed by atoms with E-state index in [0.717, 1.165) is 0 Å². The number of hydrogen-bond acceptors (Lipinski definition) is 10. The predicted molar refractivity (Wildman–Crippen MR) is 157 cm³/mol. The van der Waals surface area contributed by atoms with Gasteiger partial charge in [0.15, 0.2) is 0 Å². The Kier molecular flexibility index (Phi) is 10.9. The maximum Gasteiger partial charge on any atom is 0.410 e. The Labute approximate surface area is 257 Å². The van der Waals surface area contributed by atoms with Gasteiger partial charge in [-0.1, -0.05) is 0 Å². The maximum absolute atomic E-state index is 13.5. The van der Waals surface area contributed by atoms with Crippen molar-refractivity contribution in [3.63, 3.8) is 0 Å². The first-order valence-electron chi connectivity index (χ1n) is 13.9. The van der Waals surface area contributed by atoms with Gasteiger partial charge < -0.3 is 19.3 Å². The minimum absolute atomic E-state index is 0.0842. The maximum atomic E-state index is 13.5. The number of carbonyl (C=O) groups is 3. The Morgan fingerprint density at radius 2 is 1.50 bits per heavy atom. The first-order chi connectivity index (χ1) is 21.0. The molecule has 0 aromatic heterocycles. The summed E-state index contributed by atoms with van der Waals surface area (Å²) in [4.78, 5) is 63.9. The molecule has 16 heteroatoms. The van der Waals surface area contributed by atoms with Gasteiger partial charge >= 0.3 is 12.2 Å². The minimum atomic E-state index is -0.787. The Balaban J connectivity index is 1.29. The summed E-state index contributed by atoms with van der Waals surface area (Å²) >= 11 is 4.47. The largest absolute Gasteiger partial charge is 0.445 e. The van der Waals surface area contributed by atoms with Crippen LogP contribution in [0.25, 0.3) is 0 Å². The molecule has 2 aromatic carbocycles. The zero-order valence-corrected chi connectivity index (χ0v) is 24.6. The fraction of sp³-hybridized carbons (Fsp3) is 0.464. The van der Waals surface area contributed by atoms with Crippen molar-refractivity contribution in [3.8, 4) is 0 Å². The molecule has 2 heterocycles. The minimum Gasteiger partial charge on any atom is -0.445 e. The number of thiol groups is 1. The number of benzene rings is 2. The Bertz CT molecular complexity index is 1360. The molecule has 0 unspecified atom stereocenters. The van der Waals surface area contributed by atoms with Gasteiger partial charge in [-0.05, 0) is 54.2 Å². The number of nitro benzene ring substituents is 2. The predicted octanol–water partition coefficient (Wildman–Crippen LogP) is 3.97. The summed E-state index contributed by atoms with van der Waals surface area (Å²) in [6.07, 6.45) is -0.537. The molecule has 0 aliphatic carbocycles. The number of ether oxygens (including phenoxy) is 2. The van der Waals surface area contributed by atoms with Crippen LogP contribution in [0, 0.1) is 26.1 Å². The van der Waals surface area contributed by atoms with E-state index in [1.807, 2.05) is 0 Å². The summed E-state index contributed by atoms with van der Waals surface area (Å²) in [5, 5.41) is 21.4. The van der Waals surface area contributed by atoms with Crippen LogP contribution in [0.5, 0.6) is 0 Å². The smallest absolute Gasteiger partial charge is 0.410 e. The fourth-order valence-electron chi connectivity index (χ4n) is 5.21. The van der Waals surface area contributed by atoms with E-state index in [2.05, 4.69) is 12.6 Å². The molecule has 14 nitrogen and oxygen atoms in total. The van der Waals surface area contributed by atoms with E-state index in [1.165, 1.54) is 58.3 Å². The number of hydrogen-bond donors (Lipinski definition) is 1. The van der Waals surface area contributed by atoms with E-state index < -0.39 is 34.7 Å². The molecule has 2 saturated heterocycles. The van der Waals surface area contributed by atoms with E-state index in [9.17, 15) is 39.0 Å². The summed E-state index contributed by atoms with van der Waals surface area (Å²) in [5.41, 5.74) is 0.917. The zero-order valence-electron chi connectivity index (χ0n) is 23.7. The standard InChI is InChI=1S/C28H32FN5O9S/c29-10-12-31(27(36)42-17-19-1-5-22(6-2-19)33(38)39)15-21-9-11-30(14-21)26(35)25-13-24(44)16-32(25)28(37)43-18-20-3-7-23(8-4-20)34(40)41/h1-8,21,24-25,44H,9-18H2/t21-,24-,25-/m0/s1. The first kappa shape index (κ1) is 32.4. The lowest BCUT2D eigenvalue weighted by atomic mass is 10.1. The highest BCUT2D eigenvalue weighted by Crippen LogP contribution is 2.28. The van der Waals surface area contributed by atoms with Crippen LogP contribution in [0.2, 0.25) is 0 Å². The molecule has 0 saturated carbocycles. The number of non-ortho nitro benzene ring substituents is 2. The van der Waals surface area contributed by atoms with E-state index in [0.29, 0.717) is 37.1 Å². The molecule has 3 amide bonds. The second-order valence-corrected chi connectivity index (χ2v) is 11.3. The Morgan fingerprint density at radius 3 is 2.05 bits per heavy atom. The average Bonchev–Trinajstić information content (AvgIpc) is 3.65. The lowest BCUT2D eigenvalue weighted by molar-refractivity contribution is -0.385. The van der Waals surface area contributed by atoms with E-state index in [1.54, 1.807) is 4.90 Å². The molecule has 236 valence electrons. The van der Waals surface area contributed by atoms with Crippen molar-refractivity contribution in [2.45, 2.75) is 37.3 Å². The van der Waals surface area contributed by atoms with Crippen LogP contribution in [-0.4, -0.2) is 93.3 Å². The van der Waals surface area contributed by atoms with Crippen LogP contribution in [0.3, 0.4) is 0 Å². The Morgan fingerprint density at radius 1 is 0.932 bits per heavy atom. The third kappa shape index (κ3) is 8.33. The van der Waals surface area contributed by atoms with Gasteiger partial charge in [0, 0.05) is 55.7 Å². The van der Waals surface area contributed by atoms with E-state index in [-0.39, 0.29) is 61.3 Å². The SMILES string of the molecule is O=C(OCc1ccc([N+](=O)[O-])cc1)N(CCF)C[C@H]1CCN(C(=O)[C@@H]2C[C@H](S)CN2C(=O)OCc2ccc([N+](=O)[O-])cc2)C1. The van der Waals surface area contributed by atoms with Gasteiger partial charge in [-0.15, -0.1) is 0 Å². The molecule has 2 aliphatic rings. The van der Waals surface area contributed by atoms with Gasteiger partial charge in [0.1, 0.15) is 25.9 Å². The Hall–Kier alpha value is -4.47. The number of carbonyl (C=O) groups excluding carboxylic acids is 3. The first-order valence-corrected chi connectivity index (χ1v) is 14.4. The van der Waals surface area contributed by atoms with Crippen molar-refractivity contribution < 1.29 is 38.1 Å². The average molecular weight is 634 g/mol. The number of likely N-dealkylation sites (tertiary alicyclic amines) is 2. The van der Waals surface area contributed by atoms with Gasteiger partial charge in [-0.2, -0.15) is 12.6 Å². The topological polar surface area (TPSA) is 166 Å². The summed E-state index contributed by atoms with van der Waals surface area (Å²) in [6.45, 7) is -0.179. The van der Waals surface area contributed by atoms with Crippen LogP contribution in [0.4, 0.5) is 25.4 Å². The zero-order chi connectivity index (χ0) is 31.8. The van der Waals surface area contributed by atoms with E-state index >= 15 is 0 Å². The quantitative estimate of drug-likeness (QED) is 0.219. The van der Waals surface area contributed by atoms with Crippen molar-refractivity contribution in [2.75, 3.05) is 39.4 Å². The van der Waals surface area contributed by atoms with Gasteiger partial charge in [-0.3, -0.25) is 29.9 Å². The van der Waals surface area contributed by atoms with Gasteiger partial charge in [-0.25, -0.2) is 14.0 Å². The molecule has 2 aromatic rings. The molecular weight excluding hydrogens is 601 g/mol. The second-order valence-electron chi connectivity index (χ2n) is 10.6. The lowest BCUT2D eigenvalue weighted by Crippen LogP contribution is -2.47. The number of amides is 3. The summed E-state index contributed by atoms with van der Waals surface area (Å²) in [6, 6.07) is 10.4. The molecule has 44 heavy (non-hydrogen) atoms. The number of rotatable bonds is 11. The molecule has 0 N–H and O–H groups in total. The number of nitro groups is 2. The highest BCUT2D eigenvalue weighted by Gasteiger charge is 2.42. The van der Waals surface area contributed by atoms with Crippen LogP contribution in [-0.2, 0) is 27.5 Å². The highest BCUT2D eigenvalue weighted by atomic mass is 32.1. The highest BCUT2D eigenvalue weighted by molar-refractivity contribution is 7.81. The molecular formula is C28H32FN5O9S. The molecule has 0 spiro atoms. The molecule has 2 aliphatic heterocycles. The third-order valence-corrected chi connectivity index (χ3v) is 7.88. The van der Waals surface area contributed by atoms with Crippen molar-refractivity contribution in [1.29, 1.82) is 0 Å². The van der Waals surface area contributed by atoms with Crippen LogP contribution in [0.1, 0.15) is 24.0 Å². The van der Waals surface area contributed by atoms with Crippen LogP contribution >= 0.6 is 12.6 Å². The van der Waals surface area contributed by atoms with Crippen molar-refractivity contribution in [3.05, 3.63) is 79.9 Å².